The zero-order valence-electron chi connectivity index (χ0n) is 9.64. The summed E-state index contributed by atoms with van der Waals surface area (Å²) in [6.07, 6.45) is 7.89. The van der Waals surface area contributed by atoms with Gasteiger partial charge in [-0.2, -0.15) is 0 Å². The predicted molar refractivity (Wildman–Crippen MR) is 59.0 cm³/mol. The molecule has 0 unspecified atom stereocenters. The number of hydrogen-bond acceptors (Lipinski definition) is 2. The third-order valence-electron chi connectivity index (χ3n) is 1.98. The third-order valence-corrected chi connectivity index (χ3v) is 1.98. The van der Waals surface area contributed by atoms with Crippen LogP contribution in [-0.4, -0.2) is 13.9 Å². The largest absolute Gasteiger partial charge is 0.467 e. The Morgan fingerprint density at radius 3 is 2.71 bits per heavy atom. The van der Waals surface area contributed by atoms with Crippen LogP contribution in [0.4, 0.5) is 0 Å². The van der Waals surface area contributed by atoms with E-state index in [1.165, 1.54) is 31.3 Å². The van der Waals surface area contributed by atoms with E-state index in [1.807, 2.05) is 0 Å². The summed E-state index contributed by atoms with van der Waals surface area (Å²) in [5, 5.41) is 0. The van der Waals surface area contributed by atoms with Gasteiger partial charge in [-0.05, 0) is 25.3 Å². The van der Waals surface area contributed by atoms with Crippen molar-refractivity contribution < 1.29 is 9.47 Å². The minimum absolute atomic E-state index is 0.302. The SMILES string of the molecule is CCCCCCC(C)=C=COCOC. The molecule has 0 saturated heterocycles. The molecule has 0 aromatic carbocycles. The molecule has 0 fully saturated rings. The molecule has 0 aromatic heterocycles. The van der Waals surface area contributed by atoms with E-state index in [4.69, 9.17) is 9.47 Å². The first-order valence-electron chi connectivity index (χ1n) is 5.32. The zero-order chi connectivity index (χ0) is 10.6. The fourth-order valence-electron chi connectivity index (χ4n) is 1.13. The molecule has 0 radical (unpaired) electrons. The highest BCUT2D eigenvalue weighted by atomic mass is 16.7. The van der Waals surface area contributed by atoms with E-state index in [0.717, 1.165) is 6.42 Å². The second-order valence-corrected chi connectivity index (χ2v) is 3.43. The Morgan fingerprint density at radius 2 is 2.07 bits per heavy atom. The van der Waals surface area contributed by atoms with Crippen LogP contribution >= 0.6 is 0 Å². The molecule has 0 rings (SSSR count). The summed E-state index contributed by atoms with van der Waals surface area (Å²) in [4.78, 5) is 0. The van der Waals surface area contributed by atoms with E-state index in [1.54, 1.807) is 13.4 Å². The normalized spacial score (nSPS) is 9.36. The number of ether oxygens (including phenoxy) is 2. The molecule has 0 spiro atoms. The van der Waals surface area contributed by atoms with Gasteiger partial charge in [-0.3, -0.25) is 0 Å². The van der Waals surface area contributed by atoms with Gasteiger partial charge in [0.25, 0.3) is 0 Å². The summed E-state index contributed by atoms with van der Waals surface area (Å²) in [5.41, 5.74) is 4.33. The Kier molecular flexibility index (Phi) is 9.83. The summed E-state index contributed by atoms with van der Waals surface area (Å²) in [7, 11) is 1.61. The fourth-order valence-corrected chi connectivity index (χ4v) is 1.13. The van der Waals surface area contributed by atoms with Gasteiger partial charge in [0.1, 0.15) is 6.26 Å². The molecule has 2 nitrogen and oxygen atoms in total. The van der Waals surface area contributed by atoms with Crippen molar-refractivity contribution in [2.75, 3.05) is 13.9 Å². The minimum Gasteiger partial charge on any atom is -0.467 e. The molecule has 0 aromatic rings. The van der Waals surface area contributed by atoms with Gasteiger partial charge in [0.15, 0.2) is 6.79 Å². The van der Waals surface area contributed by atoms with Crippen LogP contribution in [-0.2, 0) is 9.47 Å². The molecule has 0 atom stereocenters. The van der Waals surface area contributed by atoms with Crippen molar-refractivity contribution in [3.63, 3.8) is 0 Å². The molecule has 0 amide bonds. The first-order valence-corrected chi connectivity index (χ1v) is 5.32. The topological polar surface area (TPSA) is 18.5 Å². The van der Waals surface area contributed by atoms with Gasteiger partial charge in [-0.1, -0.05) is 31.9 Å². The van der Waals surface area contributed by atoms with E-state index in [-0.39, 0.29) is 0 Å². The Hall–Kier alpha value is -0.720. The fraction of sp³-hybridized carbons (Fsp3) is 0.750. The van der Waals surface area contributed by atoms with Gasteiger partial charge in [-0.25, -0.2) is 0 Å². The molecule has 14 heavy (non-hydrogen) atoms. The van der Waals surface area contributed by atoms with Gasteiger partial charge in [0.2, 0.25) is 0 Å². The summed E-state index contributed by atoms with van der Waals surface area (Å²) < 4.78 is 9.74. The average molecular weight is 198 g/mol. The summed E-state index contributed by atoms with van der Waals surface area (Å²) in [6.45, 7) is 4.61. The maximum atomic E-state index is 5.00. The van der Waals surface area contributed by atoms with Crippen LogP contribution in [0.2, 0.25) is 0 Å². The lowest BCUT2D eigenvalue weighted by molar-refractivity contribution is 0.0201. The number of hydrogen-bond donors (Lipinski definition) is 0. The summed E-state index contributed by atoms with van der Waals surface area (Å²) >= 11 is 0. The maximum absolute atomic E-state index is 5.00. The predicted octanol–water partition coefficient (Wildman–Crippen LogP) is 3.64. The molecule has 0 aliphatic rings. The lowest BCUT2D eigenvalue weighted by Gasteiger charge is -1.98. The van der Waals surface area contributed by atoms with Crippen LogP contribution in [0.1, 0.15) is 46.0 Å². The number of allylic oxidation sites excluding steroid dienone is 1. The van der Waals surface area contributed by atoms with Crippen LogP contribution < -0.4 is 0 Å². The molecule has 0 N–H and O–H groups in total. The quantitative estimate of drug-likeness (QED) is 0.256. The lowest BCUT2D eigenvalue weighted by Crippen LogP contribution is -1.87. The van der Waals surface area contributed by atoms with Crippen molar-refractivity contribution in [3.8, 4) is 0 Å². The Bertz CT molecular complexity index is 179. The highest BCUT2D eigenvalue weighted by Gasteiger charge is 1.89. The van der Waals surface area contributed by atoms with Crippen molar-refractivity contribution in [1.82, 2.24) is 0 Å². The smallest absolute Gasteiger partial charge is 0.188 e. The van der Waals surface area contributed by atoms with Gasteiger partial charge >= 0.3 is 0 Å². The zero-order valence-corrected chi connectivity index (χ0v) is 9.64. The standard InChI is InChI=1S/C12H22O2/c1-4-5-6-7-8-12(2)9-10-14-11-13-3/h10H,4-8,11H2,1-3H3. The van der Waals surface area contributed by atoms with Crippen molar-refractivity contribution in [1.29, 1.82) is 0 Å². The average Bonchev–Trinajstić information content (AvgIpc) is 2.19. The minimum atomic E-state index is 0.302. The Morgan fingerprint density at radius 1 is 1.29 bits per heavy atom. The van der Waals surface area contributed by atoms with Gasteiger partial charge in [0, 0.05) is 7.11 Å². The van der Waals surface area contributed by atoms with E-state index >= 15 is 0 Å². The molecule has 2 heteroatoms. The third kappa shape index (κ3) is 9.37. The van der Waals surface area contributed by atoms with Crippen molar-refractivity contribution >= 4 is 0 Å². The van der Waals surface area contributed by atoms with Gasteiger partial charge < -0.3 is 9.47 Å². The number of rotatable bonds is 8. The van der Waals surface area contributed by atoms with Crippen LogP contribution in [0.15, 0.2) is 17.6 Å². The number of unbranched alkanes of at least 4 members (excludes halogenated alkanes) is 3. The number of methoxy groups -OCH3 is 1. The van der Waals surface area contributed by atoms with Crippen molar-refractivity contribution in [3.05, 3.63) is 17.6 Å². The highest BCUT2D eigenvalue weighted by Crippen LogP contribution is 2.07. The molecule has 0 saturated carbocycles. The van der Waals surface area contributed by atoms with Crippen LogP contribution in [0, 0.1) is 0 Å². The Balaban J connectivity index is 3.50. The van der Waals surface area contributed by atoms with E-state index in [2.05, 4.69) is 19.6 Å². The first kappa shape index (κ1) is 13.3. The molecule has 0 bridgehead atoms. The maximum Gasteiger partial charge on any atom is 0.188 e. The molecular formula is C12H22O2. The van der Waals surface area contributed by atoms with E-state index in [9.17, 15) is 0 Å². The van der Waals surface area contributed by atoms with Gasteiger partial charge in [0.05, 0.1) is 0 Å². The molecule has 0 aliphatic heterocycles. The summed E-state index contributed by atoms with van der Waals surface area (Å²) in [6, 6.07) is 0. The highest BCUT2D eigenvalue weighted by molar-refractivity contribution is 4.95. The molecule has 0 aliphatic carbocycles. The first-order chi connectivity index (χ1) is 6.81. The van der Waals surface area contributed by atoms with Crippen LogP contribution in [0.5, 0.6) is 0 Å². The monoisotopic (exact) mass is 198 g/mol. The van der Waals surface area contributed by atoms with Gasteiger partial charge in [-0.15, -0.1) is 0 Å². The van der Waals surface area contributed by atoms with Crippen molar-refractivity contribution in [2.24, 2.45) is 0 Å². The van der Waals surface area contributed by atoms with E-state index < -0.39 is 0 Å². The second kappa shape index (κ2) is 10.4. The van der Waals surface area contributed by atoms with E-state index in [0.29, 0.717) is 6.79 Å². The Labute approximate surface area is 87.6 Å². The lowest BCUT2D eigenvalue weighted by atomic mass is 10.1. The van der Waals surface area contributed by atoms with Crippen LogP contribution in [0.3, 0.4) is 0 Å². The molecule has 0 heterocycles. The summed E-state index contributed by atoms with van der Waals surface area (Å²) in [5.74, 6) is 0. The van der Waals surface area contributed by atoms with Crippen molar-refractivity contribution in [2.45, 2.75) is 46.0 Å². The van der Waals surface area contributed by atoms with Crippen LogP contribution in [0.25, 0.3) is 0 Å². The second-order valence-electron chi connectivity index (χ2n) is 3.43. The molecule has 82 valence electrons. The molecular weight excluding hydrogens is 176 g/mol.